The van der Waals surface area contributed by atoms with Crippen LogP contribution in [0.1, 0.15) is 13.3 Å². The maximum atomic E-state index is 10.6. The van der Waals surface area contributed by atoms with Crippen molar-refractivity contribution in [1.82, 2.24) is 5.32 Å². The molecule has 0 atom stereocenters. The van der Waals surface area contributed by atoms with E-state index in [9.17, 15) is 4.79 Å². The normalized spacial score (nSPS) is 9.27. The van der Waals surface area contributed by atoms with E-state index in [1.165, 1.54) is 7.11 Å². The second-order valence-electron chi connectivity index (χ2n) is 2.46. The van der Waals surface area contributed by atoms with Crippen molar-refractivity contribution in [3.8, 4) is 0 Å². The Bertz CT molecular complexity index is 143. The highest BCUT2D eigenvalue weighted by Gasteiger charge is 1.97. The molecule has 0 saturated carbocycles. The van der Waals surface area contributed by atoms with Gasteiger partial charge in [0.25, 0.3) is 0 Å². The van der Waals surface area contributed by atoms with Gasteiger partial charge in [-0.05, 0) is 6.92 Å². The predicted molar refractivity (Wildman–Crippen MR) is 44.3 cm³/mol. The Kier molecular flexibility index (Phi) is 5.47. The molecule has 64 valence electrons. The molecule has 0 fully saturated rings. The highest BCUT2D eigenvalue weighted by Crippen LogP contribution is 1.84. The number of hydrogen-bond acceptors (Lipinski definition) is 3. The van der Waals surface area contributed by atoms with Crippen LogP contribution in [0.2, 0.25) is 0 Å². The molecule has 0 aromatic rings. The fourth-order valence-electron chi connectivity index (χ4n) is 0.594. The molecule has 0 bridgehead atoms. The fourth-order valence-corrected chi connectivity index (χ4v) is 0.594. The smallest absolute Gasteiger partial charge is 0.306 e. The van der Waals surface area contributed by atoms with Crippen molar-refractivity contribution in [2.45, 2.75) is 13.3 Å². The van der Waals surface area contributed by atoms with Gasteiger partial charge in [0.1, 0.15) is 0 Å². The highest BCUT2D eigenvalue weighted by molar-refractivity contribution is 5.69. The first kappa shape index (κ1) is 10.2. The van der Waals surface area contributed by atoms with Gasteiger partial charge in [0.15, 0.2) is 0 Å². The van der Waals surface area contributed by atoms with Gasteiger partial charge >= 0.3 is 5.97 Å². The van der Waals surface area contributed by atoms with Gasteiger partial charge in [-0.3, -0.25) is 4.79 Å². The first-order valence-corrected chi connectivity index (χ1v) is 3.58. The first-order valence-electron chi connectivity index (χ1n) is 3.58. The summed E-state index contributed by atoms with van der Waals surface area (Å²) in [5.74, 6) is -0.181. The number of carbonyl (C=O) groups is 1. The molecule has 0 spiro atoms. The van der Waals surface area contributed by atoms with Crippen molar-refractivity contribution in [2.75, 3.05) is 20.2 Å². The second kappa shape index (κ2) is 5.92. The molecule has 0 aliphatic heterocycles. The number of methoxy groups -OCH3 is 1. The SMILES string of the molecule is C=C(C)CNCCC(=O)OC. The van der Waals surface area contributed by atoms with Crippen molar-refractivity contribution in [1.29, 1.82) is 0 Å². The zero-order valence-corrected chi connectivity index (χ0v) is 7.14. The molecule has 3 heteroatoms. The van der Waals surface area contributed by atoms with Crippen LogP contribution in [0.5, 0.6) is 0 Å². The van der Waals surface area contributed by atoms with Crippen LogP contribution in [-0.2, 0) is 9.53 Å². The summed E-state index contributed by atoms with van der Waals surface area (Å²) in [4.78, 5) is 10.6. The lowest BCUT2D eigenvalue weighted by Gasteiger charge is -2.01. The van der Waals surface area contributed by atoms with Crippen molar-refractivity contribution in [2.24, 2.45) is 0 Å². The number of ether oxygens (including phenoxy) is 1. The van der Waals surface area contributed by atoms with Crippen LogP contribution in [0, 0.1) is 0 Å². The summed E-state index contributed by atoms with van der Waals surface area (Å²) in [7, 11) is 1.39. The Morgan fingerprint density at radius 3 is 2.73 bits per heavy atom. The van der Waals surface area contributed by atoms with E-state index in [0.29, 0.717) is 13.0 Å². The standard InChI is InChI=1S/C8H15NO2/c1-7(2)6-9-5-4-8(10)11-3/h9H,1,4-6H2,2-3H3. The molecule has 0 rings (SSSR count). The fraction of sp³-hybridized carbons (Fsp3) is 0.625. The lowest BCUT2D eigenvalue weighted by Crippen LogP contribution is -2.20. The summed E-state index contributed by atoms with van der Waals surface area (Å²) in [5, 5.41) is 3.05. The highest BCUT2D eigenvalue weighted by atomic mass is 16.5. The second-order valence-corrected chi connectivity index (χ2v) is 2.46. The number of rotatable bonds is 5. The number of esters is 1. The molecule has 0 aromatic carbocycles. The quantitative estimate of drug-likeness (QED) is 0.363. The number of carbonyl (C=O) groups excluding carboxylic acids is 1. The lowest BCUT2D eigenvalue weighted by atomic mass is 10.3. The Morgan fingerprint density at radius 1 is 1.64 bits per heavy atom. The van der Waals surface area contributed by atoms with E-state index in [1.807, 2.05) is 6.92 Å². The minimum Gasteiger partial charge on any atom is -0.469 e. The van der Waals surface area contributed by atoms with Crippen LogP contribution in [0.3, 0.4) is 0 Å². The average molecular weight is 157 g/mol. The molecule has 0 heterocycles. The van der Waals surface area contributed by atoms with E-state index in [0.717, 1.165) is 12.1 Å². The summed E-state index contributed by atoms with van der Waals surface area (Å²) in [6, 6.07) is 0. The third-order valence-electron chi connectivity index (χ3n) is 1.16. The van der Waals surface area contributed by atoms with Gasteiger partial charge in [-0.2, -0.15) is 0 Å². The van der Waals surface area contributed by atoms with E-state index in [-0.39, 0.29) is 5.97 Å². The molecule has 0 aliphatic carbocycles. The Morgan fingerprint density at radius 2 is 2.27 bits per heavy atom. The first-order chi connectivity index (χ1) is 5.16. The summed E-state index contributed by atoms with van der Waals surface area (Å²) >= 11 is 0. The van der Waals surface area contributed by atoms with Gasteiger partial charge in [-0.15, -0.1) is 0 Å². The molecular weight excluding hydrogens is 142 g/mol. The molecule has 0 unspecified atom stereocenters. The minimum atomic E-state index is -0.181. The van der Waals surface area contributed by atoms with Gasteiger partial charge in [-0.1, -0.05) is 12.2 Å². The van der Waals surface area contributed by atoms with Crippen molar-refractivity contribution >= 4 is 5.97 Å². The van der Waals surface area contributed by atoms with E-state index < -0.39 is 0 Å². The van der Waals surface area contributed by atoms with E-state index in [2.05, 4.69) is 16.6 Å². The zero-order valence-electron chi connectivity index (χ0n) is 7.14. The van der Waals surface area contributed by atoms with E-state index in [4.69, 9.17) is 0 Å². The number of hydrogen-bond donors (Lipinski definition) is 1. The molecule has 3 nitrogen and oxygen atoms in total. The molecule has 0 aromatic heterocycles. The van der Waals surface area contributed by atoms with Crippen LogP contribution in [-0.4, -0.2) is 26.2 Å². The molecule has 0 radical (unpaired) electrons. The number of nitrogens with one attached hydrogen (secondary N) is 1. The predicted octanol–water partition coefficient (Wildman–Crippen LogP) is 0.715. The van der Waals surface area contributed by atoms with Crippen molar-refractivity contribution in [3.05, 3.63) is 12.2 Å². The van der Waals surface area contributed by atoms with Gasteiger partial charge in [0, 0.05) is 13.1 Å². The summed E-state index contributed by atoms with van der Waals surface area (Å²) in [6.45, 7) is 7.06. The Balaban J connectivity index is 3.14. The monoisotopic (exact) mass is 157 g/mol. The lowest BCUT2D eigenvalue weighted by molar-refractivity contribution is -0.140. The maximum absolute atomic E-state index is 10.6. The van der Waals surface area contributed by atoms with Gasteiger partial charge < -0.3 is 10.1 Å². The van der Waals surface area contributed by atoms with Crippen LogP contribution in [0.15, 0.2) is 12.2 Å². The van der Waals surface area contributed by atoms with Gasteiger partial charge in [0.2, 0.25) is 0 Å². The van der Waals surface area contributed by atoms with Crippen molar-refractivity contribution in [3.63, 3.8) is 0 Å². The molecule has 0 aliphatic rings. The van der Waals surface area contributed by atoms with Crippen LogP contribution >= 0.6 is 0 Å². The molecule has 0 amide bonds. The third-order valence-corrected chi connectivity index (χ3v) is 1.16. The van der Waals surface area contributed by atoms with Crippen LogP contribution in [0.25, 0.3) is 0 Å². The summed E-state index contributed by atoms with van der Waals surface area (Å²) in [6.07, 6.45) is 0.420. The van der Waals surface area contributed by atoms with Crippen molar-refractivity contribution < 1.29 is 9.53 Å². The van der Waals surface area contributed by atoms with E-state index in [1.54, 1.807) is 0 Å². The Labute approximate surface area is 67.4 Å². The minimum absolute atomic E-state index is 0.181. The molecule has 1 N–H and O–H groups in total. The van der Waals surface area contributed by atoms with Gasteiger partial charge in [0.05, 0.1) is 13.5 Å². The molecular formula is C8H15NO2. The molecule has 0 saturated heterocycles. The third kappa shape index (κ3) is 7.06. The summed E-state index contributed by atoms with van der Waals surface area (Å²) in [5.41, 5.74) is 1.06. The largest absolute Gasteiger partial charge is 0.469 e. The topological polar surface area (TPSA) is 38.3 Å². The maximum Gasteiger partial charge on any atom is 0.306 e. The average Bonchev–Trinajstić information content (AvgIpc) is 1.97. The Hall–Kier alpha value is -0.830. The van der Waals surface area contributed by atoms with E-state index >= 15 is 0 Å². The van der Waals surface area contributed by atoms with Crippen LogP contribution < -0.4 is 5.32 Å². The zero-order chi connectivity index (χ0) is 8.69. The molecule has 11 heavy (non-hydrogen) atoms. The van der Waals surface area contributed by atoms with Gasteiger partial charge in [-0.25, -0.2) is 0 Å². The van der Waals surface area contributed by atoms with Crippen LogP contribution in [0.4, 0.5) is 0 Å². The summed E-state index contributed by atoms with van der Waals surface area (Å²) < 4.78 is 4.46.